The molecule has 1 atom stereocenters. The Hall–Kier alpha value is -3.38. The number of carbonyl (C=O) groups is 1. The summed E-state index contributed by atoms with van der Waals surface area (Å²) in [4.78, 5) is 14.9. The molecule has 3 N–H and O–H groups in total. The second-order valence-electron chi connectivity index (χ2n) is 9.22. The van der Waals surface area contributed by atoms with E-state index in [2.05, 4.69) is 10.0 Å². The molecule has 2 aromatic carbocycles. The van der Waals surface area contributed by atoms with Crippen LogP contribution in [0.15, 0.2) is 63.7 Å². The van der Waals surface area contributed by atoms with Crippen molar-refractivity contribution in [1.82, 2.24) is 4.90 Å². The van der Waals surface area contributed by atoms with E-state index in [9.17, 15) is 31.1 Å². The smallest absolute Gasteiger partial charge is 0.260 e. The minimum atomic E-state index is -4.09. The highest BCUT2D eigenvalue weighted by molar-refractivity contribution is 7.94. The first kappa shape index (κ1) is 26.7. The van der Waals surface area contributed by atoms with E-state index >= 15 is 0 Å². The number of carbonyl (C=O) groups excluding carboxylic acids is 1. The number of unbranched alkanes of at least 4 members (excludes halogenated alkanes) is 1. The van der Waals surface area contributed by atoms with Crippen LogP contribution < -0.4 is 10.0 Å². The van der Waals surface area contributed by atoms with Crippen LogP contribution >= 0.6 is 0 Å². The minimum absolute atomic E-state index is 0.0712. The lowest BCUT2D eigenvalue weighted by molar-refractivity contribution is -0.127. The van der Waals surface area contributed by atoms with E-state index in [1.54, 1.807) is 19.1 Å². The Morgan fingerprint density at radius 2 is 1.92 bits per heavy atom. The first-order valence-electron chi connectivity index (χ1n) is 11.7. The third-order valence-electron chi connectivity index (χ3n) is 6.23. The Morgan fingerprint density at radius 1 is 1.19 bits per heavy atom. The molecule has 2 heterocycles. The number of sulfonamides is 1. The predicted octanol–water partition coefficient (Wildman–Crippen LogP) is 3.96. The fourth-order valence-electron chi connectivity index (χ4n) is 4.49. The number of amides is 1. The summed E-state index contributed by atoms with van der Waals surface area (Å²) >= 11 is 0. The number of anilines is 2. The third kappa shape index (κ3) is 5.49. The van der Waals surface area contributed by atoms with Gasteiger partial charge >= 0.3 is 0 Å². The fraction of sp³-hybridized carbons (Fsp3) is 0.320. The Labute approximate surface area is 215 Å². The van der Waals surface area contributed by atoms with Crippen molar-refractivity contribution in [3.63, 3.8) is 0 Å². The number of benzene rings is 2. The van der Waals surface area contributed by atoms with Crippen LogP contribution in [0.5, 0.6) is 0 Å². The van der Waals surface area contributed by atoms with Gasteiger partial charge in [0.25, 0.3) is 5.91 Å². The molecule has 0 aliphatic carbocycles. The van der Waals surface area contributed by atoms with Gasteiger partial charge in [0, 0.05) is 12.2 Å². The molecule has 1 amide bonds. The molecule has 37 heavy (non-hydrogen) atoms. The van der Waals surface area contributed by atoms with E-state index in [-0.39, 0.29) is 45.7 Å². The van der Waals surface area contributed by atoms with E-state index in [0.717, 1.165) is 24.5 Å². The van der Waals surface area contributed by atoms with Crippen molar-refractivity contribution >= 4 is 37.1 Å². The number of sulfone groups is 1. The lowest BCUT2D eigenvalue weighted by Crippen LogP contribution is -2.35. The summed E-state index contributed by atoms with van der Waals surface area (Å²) < 4.78 is 65.3. The van der Waals surface area contributed by atoms with E-state index in [0.29, 0.717) is 17.5 Å². The molecule has 0 saturated heterocycles. The first-order chi connectivity index (χ1) is 17.3. The maximum Gasteiger partial charge on any atom is 0.260 e. The van der Waals surface area contributed by atoms with E-state index in [4.69, 9.17) is 0 Å². The van der Waals surface area contributed by atoms with Gasteiger partial charge in [0.05, 0.1) is 34.0 Å². The highest BCUT2D eigenvalue weighted by Crippen LogP contribution is 2.39. The molecule has 1 unspecified atom stereocenters. The van der Waals surface area contributed by atoms with E-state index < -0.39 is 31.8 Å². The zero-order chi connectivity index (χ0) is 27.1. The maximum absolute atomic E-state index is 13.8. The summed E-state index contributed by atoms with van der Waals surface area (Å²) in [5.74, 6) is -1.14. The lowest BCUT2D eigenvalue weighted by atomic mass is 10.1. The van der Waals surface area contributed by atoms with Crippen molar-refractivity contribution in [3.8, 4) is 0 Å². The monoisotopic (exact) mass is 549 g/mol. The Morgan fingerprint density at radius 3 is 2.57 bits per heavy atom. The van der Waals surface area contributed by atoms with E-state index in [1.807, 2.05) is 6.92 Å². The molecule has 2 aliphatic rings. The zero-order valence-electron chi connectivity index (χ0n) is 20.6. The largest absolute Gasteiger partial charge is 0.509 e. The van der Waals surface area contributed by atoms with Crippen molar-refractivity contribution in [2.75, 3.05) is 16.3 Å². The van der Waals surface area contributed by atoms with Gasteiger partial charge in [-0.05, 0) is 48.7 Å². The van der Waals surface area contributed by atoms with Gasteiger partial charge in [-0.3, -0.25) is 9.52 Å². The summed E-state index contributed by atoms with van der Waals surface area (Å²) in [5.41, 5.74) is 1.10. The highest BCUT2D eigenvalue weighted by Gasteiger charge is 2.42. The molecule has 0 radical (unpaired) electrons. The van der Waals surface area contributed by atoms with Crippen LogP contribution in [0, 0.1) is 12.7 Å². The van der Waals surface area contributed by atoms with Crippen LogP contribution in [0.2, 0.25) is 0 Å². The molecule has 0 bridgehead atoms. The number of aliphatic hydroxyl groups is 1. The SMILES string of the molecule is CCCCC1C(O)=C(C2=CS(=O)(=O)c3cc(NS(C)(=O)=O)ccc3N2)C(=O)N1Cc1ccc(F)c(C)c1. The van der Waals surface area contributed by atoms with Gasteiger partial charge < -0.3 is 15.3 Å². The Kier molecular flexibility index (Phi) is 7.08. The maximum atomic E-state index is 13.8. The van der Waals surface area contributed by atoms with Crippen molar-refractivity contribution in [3.05, 3.63) is 75.8 Å². The predicted molar refractivity (Wildman–Crippen MR) is 138 cm³/mol. The number of nitrogens with one attached hydrogen (secondary N) is 2. The first-order valence-corrected chi connectivity index (χ1v) is 15.1. The quantitative estimate of drug-likeness (QED) is 0.454. The third-order valence-corrected chi connectivity index (χ3v) is 8.34. The number of fused-ring (bicyclic) bond motifs is 1. The van der Waals surface area contributed by atoms with Gasteiger partial charge in [0.1, 0.15) is 17.1 Å². The lowest BCUT2D eigenvalue weighted by Gasteiger charge is -2.26. The average Bonchev–Trinajstić information content (AvgIpc) is 3.02. The number of rotatable bonds is 8. The van der Waals surface area contributed by atoms with Gasteiger partial charge in [-0.1, -0.05) is 31.9 Å². The van der Waals surface area contributed by atoms with Gasteiger partial charge in [-0.15, -0.1) is 0 Å². The average molecular weight is 550 g/mol. The number of halogens is 1. The topological polar surface area (TPSA) is 133 Å². The molecule has 0 spiro atoms. The zero-order valence-corrected chi connectivity index (χ0v) is 22.2. The van der Waals surface area contributed by atoms with Crippen LogP contribution in [0.3, 0.4) is 0 Å². The molecule has 2 aliphatic heterocycles. The molecule has 0 aromatic heterocycles. The molecule has 12 heteroatoms. The van der Waals surface area contributed by atoms with Crippen molar-refractivity contribution in [1.29, 1.82) is 0 Å². The molecule has 4 rings (SSSR count). The number of nitrogens with zero attached hydrogens (tertiary/aromatic N) is 1. The normalized spacial score (nSPS) is 18.9. The van der Waals surface area contributed by atoms with Gasteiger partial charge in [-0.2, -0.15) is 0 Å². The van der Waals surface area contributed by atoms with Crippen molar-refractivity contribution < 1.29 is 31.1 Å². The van der Waals surface area contributed by atoms with Crippen LogP contribution in [-0.2, 0) is 31.2 Å². The van der Waals surface area contributed by atoms with Crippen LogP contribution in [-0.4, -0.2) is 45.0 Å². The summed E-state index contributed by atoms with van der Waals surface area (Å²) in [7, 11) is -7.71. The van der Waals surface area contributed by atoms with Crippen LogP contribution in [0.1, 0.15) is 37.3 Å². The molecule has 0 saturated carbocycles. The van der Waals surface area contributed by atoms with Crippen molar-refractivity contribution in [2.24, 2.45) is 0 Å². The number of aryl methyl sites for hydroxylation is 1. The van der Waals surface area contributed by atoms with Crippen molar-refractivity contribution in [2.45, 2.75) is 50.6 Å². The number of hydrogen-bond donors (Lipinski definition) is 3. The Bertz CT molecular complexity index is 1550. The summed E-state index contributed by atoms with van der Waals surface area (Å²) in [6.45, 7) is 3.71. The van der Waals surface area contributed by atoms with Gasteiger partial charge in [0.2, 0.25) is 19.9 Å². The van der Waals surface area contributed by atoms with E-state index in [1.165, 1.54) is 29.2 Å². The van der Waals surface area contributed by atoms with Crippen LogP contribution in [0.4, 0.5) is 15.8 Å². The summed E-state index contributed by atoms with van der Waals surface area (Å²) in [6.07, 6.45) is 2.96. The molecular weight excluding hydrogens is 521 g/mol. The second kappa shape index (κ2) is 9.82. The molecule has 9 nitrogen and oxygen atoms in total. The summed E-state index contributed by atoms with van der Waals surface area (Å²) in [5, 5.41) is 14.9. The minimum Gasteiger partial charge on any atom is -0.509 e. The van der Waals surface area contributed by atoms with Gasteiger partial charge in [-0.25, -0.2) is 21.2 Å². The van der Waals surface area contributed by atoms with Gasteiger partial charge in [0.15, 0.2) is 0 Å². The highest BCUT2D eigenvalue weighted by atomic mass is 32.2. The van der Waals surface area contributed by atoms with Crippen LogP contribution in [0.25, 0.3) is 0 Å². The standard InChI is InChI=1S/C25H28FN3O6S2/c1-4-5-6-21-24(30)23(25(31)29(21)13-16-7-9-18(26)15(2)11-16)20-14-37(34,35)22-12-17(28-36(3,32)33)8-10-19(22)27-20/h7-12,14,21,27-28,30H,4-6,13H2,1-3H3. The number of aliphatic hydroxyl groups excluding tert-OH is 1. The molecular formula is C25H28FN3O6S2. The summed E-state index contributed by atoms with van der Waals surface area (Å²) in [6, 6.07) is 7.83. The molecule has 198 valence electrons. The second-order valence-corrected chi connectivity index (χ2v) is 12.7. The fourth-order valence-corrected chi connectivity index (χ4v) is 6.38. The molecule has 2 aromatic rings. The molecule has 0 fully saturated rings. The number of hydrogen-bond acceptors (Lipinski definition) is 7. The Balaban J connectivity index is 1.70.